The summed E-state index contributed by atoms with van der Waals surface area (Å²) in [7, 11) is 0. The van der Waals surface area contributed by atoms with E-state index in [0.717, 1.165) is 28.5 Å². The minimum Gasteiger partial charge on any atom is -0.360 e. The van der Waals surface area contributed by atoms with Crippen LogP contribution in [0.3, 0.4) is 0 Å². The van der Waals surface area contributed by atoms with Crippen LogP contribution in [0.1, 0.15) is 31.2 Å². The van der Waals surface area contributed by atoms with Gasteiger partial charge in [0.05, 0.1) is 0 Å². The first-order valence-corrected chi connectivity index (χ1v) is 6.09. The molecule has 2 unspecified atom stereocenters. The summed E-state index contributed by atoms with van der Waals surface area (Å²) in [6.45, 7) is 5.40. The van der Waals surface area contributed by atoms with Gasteiger partial charge in [0.15, 0.2) is 0 Å². The number of aryl methyl sites for hydroxylation is 1. The van der Waals surface area contributed by atoms with Crippen LogP contribution >= 0.6 is 11.3 Å². The lowest BCUT2D eigenvalue weighted by molar-refractivity contribution is 0.537. The Balaban J connectivity index is 1.77. The van der Waals surface area contributed by atoms with Crippen LogP contribution in [0.4, 0.5) is 5.13 Å². The van der Waals surface area contributed by atoms with Crippen LogP contribution in [0.25, 0.3) is 0 Å². The predicted molar refractivity (Wildman–Crippen MR) is 59.6 cm³/mol. The molecule has 1 aliphatic rings. The lowest BCUT2D eigenvalue weighted by Gasteiger charge is -2.09. The van der Waals surface area contributed by atoms with E-state index in [0.29, 0.717) is 0 Å². The number of hydrogen-bond donors (Lipinski definition) is 1. The summed E-state index contributed by atoms with van der Waals surface area (Å²) in [5, 5.41) is 13.4. The van der Waals surface area contributed by atoms with Crippen molar-refractivity contribution in [3.8, 4) is 0 Å². The molecule has 1 heterocycles. The van der Waals surface area contributed by atoms with E-state index in [1.165, 1.54) is 19.3 Å². The Morgan fingerprint density at radius 2 is 2.29 bits per heavy atom. The molecule has 1 aromatic rings. The molecule has 78 valence electrons. The minimum atomic E-state index is 0.842. The molecule has 0 bridgehead atoms. The van der Waals surface area contributed by atoms with E-state index in [9.17, 15) is 0 Å². The normalized spacial score (nSPS) is 26.7. The molecule has 0 saturated heterocycles. The lowest BCUT2D eigenvalue weighted by Crippen LogP contribution is -2.11. The fourth-order valence-electron chi connectivity index (χ4n) is 2.11. The highest BCUT2D eigenvalue weighted by atomic mass is 32.1. The van der Waals surface area contributed by atoms with Gasteiger partial charge in [-0.15, -0.1) is 10.2 Å². The van der Waals surface area contributed by atoms with Gasteiger partial charge in [-0.25, -0.2) is 0 Å². The average Bonchev–Trinajstić information content (AvgIpc) is 2.72. The summed E-state index contributed by atoms with van der Waals surface area (Å²) in [5.41, 5.74) is 0. The minimum absolute atomic E-state index is 0.842. The molecular weight excluding hydrogens is 194 g/mol. The summed E-state index contributed by atoms with van der Waals surface area (Å²) in [6, 6.07) is 0. The van der Waals surface area contributed by atoms with Gasteiger partial charge in [0.2, 0.25) is 5.13 Å². The molecule has 0 radical (unpaired) electrons. The van der Waals surface area contributed by atoms with Crippen molar-refractivity contribution in [1.82, 2.24) is 10.2 Å². The zero-order chi connectivity index (χ0) is 9.97. The number of anilines is 1. The van der Waals surface area contributed by atoms with Crippen LogP contribution in [0, 0.1) is 18.8 Å². The van der Waals surface area contributed by atoms with Gasteiger partial charge >= 0.3 is 0 Å². The first-order chi connectivity index (χ1) is 6.74. The average molecular weight is 211 g/mol. The maximum atomic E-state index is 4.05. The molecule has 2 atom stereocenters. The number of rotatable bonds is 3. The Kier molecular flexibility index (Phi) is 3.01. The highest BCUT2D eigenvalue weighted by Crippen LogP contribution is 2.30. The van der Waals surface area contributed by atoms with E-state index in [1.54, 1.807) is 11.3 Å². The van der Waals surface area contributed by atoms with Crippen LogP contribution in [-0.2, 0) is 0 Å². The van der Waals surface area contributed by atoms with Crippen molar-refractivity contribution in [3.63, 3.8) is 0 Å². The van der Waals surface area contributed by atoms with E-state index in [-0.39, 0.29) is 0 Å². The van der Waals surface area contributed by atoms with Crippen molar-refractivity contribution in [2.75, 3.05) is 11.9 Å². The molecule has 1 fully saturated rings. The topological polar surface area (TPSA) is 37.8 Å². The van der Waals surface area contributed by atoms with Crippen LogP contribution in [0.15, 0.2) is 0 Å². The van der Waals surface area contributed by atoms with Crippen molar-refractivity contribution in [1.29, 1.82) is 0 Å². The smallest absolute Gasteiger partial charge is 0.205 e. The highest BCUT2D eigenvalue weighted by molar-refractivity contribution is 7.15. The quantitative estimate of drug-likeness (QED) is 0.835. The van der Waals surface area contributed by atoms with Crippen molar-refractivity contribution < 1.29 is 0 Å². The zero-order valence-corrected chi connectivity index (χ0v) is 9.60. The molecule has 1 aromatic heterocycles. The molecule has 3 nitrogen and oxygen atoms in total. The second kappa shape index (κ2) is 4.26. The first kappa shape index (κ1) is 9.90. The Morgan fingerprint density at radius 3 is 2.86 bits per heavy atom. The first-order valence-electron chi connectivity index (χ1n) is 5.28. The van der Waals surface area contributed by atoms with E-state index in [1.807, 2.05) is 6.92 Å². The van der Waals surface area contributed by atoms with Crippen molar-refractivity contribution in [3.05, 3.63) is 5.01 Å². The van der Waals surface area contributed by atoms with Gasteiger partial charge in [0.1, 0.15) is 5.01 Å². The molecule has 0 amide bonds. The molecule has 0 aromatic carbocycles. The predicted octanol–water partition coefficient (Wildman–Crippen LogP) is 2.69. The van der Waals surface area contributed by atoms with Crippen LogP contribution in [-0.4, -0.2) is 16.7 Å². The molecule has 1 aliphatic carbocycles. The van der Waals surface area contributed by atoms with Crippen LogP contribution < -0.4 is 5.32 Å². The standard InChI is InChI=1S/C10H17N3S/c1-7-3-4-9(5-7)6-11-10-13-12-8(2)14-10/h7,9H,3-6H2,1-2H3,(H,11,13). The van der Waals surface area contributed by atoms with Crippen molar-refractivity contribution in [2.24, 2.45) is 11.8 Å². The summed E-state index contributed by atoms with van der Waals surface area (Å²) in [6.07, 6.45) is 4.12. The van der Waals surface area contributed by atoms with E-state index < -0.39 is 0 Å². The number of nitrogens with zero attached hydrogens (tertiary/aromatic N) is 2. The number of aromatic nitrogens is 2. The maximum absolute atomic E-state index is 4.05. The Bertz CT molecular complexity index is 297. The summed E-state index contributed by atoms with van der Waals surface area (Å²) >= 11 is 1.64. The molecule has 1 saturated carbocycles. The molecule has 1 N–H and O–H groups in total. The van der Waals surface area contributed by atoms with Crippen molar-refractivity contribution >= 4 is 16.5 Å². The monoisotopic (exact) mass is 211 g/mol. The lowest BCUT2D eigenvalue weighted by atomic mass is 10.1. The molecular formula is C10H17N3S. The molecule has 4 heteroatoms. The van der Waals surface area contributed by atoms with Gasteiger partial charge in [0.25, 0.3) is 0 Å². The van der Waals surface area contributed by atoms with E-state index >= 15 is 0 Å². The Hall–Kier alpha value is -0.640. The van der Waals surface area contributed by atoms with Gasteiger partial charge < -0.3 is 5.32 Å². The third kappa shape index (κ3) is 2.44. The maximum Gasteiger partial charge on any atom is 0.205 e. The van der Waals surface area contributed by atoms with Gasteiger partial charge in [-0.1, -0.05) is 24.7 Å². The van der Waals surface area contributed by atoms with E-state index in [2.05, 4.69) is 22.4 Å². The van der Waals surface area contributed by atoms with Crippen LogP contribution in [0.5, 0.6) is 0 Å². The molecule has 2 rings (SSSR count). The van der Waals surface area contributed by atoms with Gasteiger partial charge in [-0.2, -0.15) is 0 Å². The third-order valence-corrected chi connectivity index (χ3v) is 3.67. The Morgan fingerprint density at radius 1 is 1.43 bits per heavy atom. The third-order valence-electron chi connectivity index (χ3n) is 2.87. The van der Waals surface area contributed by atoms with Gasteiger partial charge in [0, 0.05) is 6.54 Å². The fourth-order valence-corrected chi connectivity index (χ4v) is 2.71. The highest BCUT2D eigenvalue weighted by Gasteiger charge is 2.21. The SMILES string of the molecule is Cc1nnc(NCC2CCC(C)C2)s1. The Labute approximate surface area is 88.9 Å². The summed E-state index contributed by atoms with van der Waals surface area (Å²) < 4.78 is 0. The van der Waals surface area contributed by atoms with Crippen molar-refractivity contribution in [2.45, 2.75) is 33.1 Å². The second-order valence-electron chi connectivity index (χ2n) is 4.29. The number of nitrogens with one attached hydrogen (secondary N) is 1. The molecule has 0 spiro atoms. The largest absolute Gasteiger partial charge is 0.360 e. The van der Waals surface area contributed by atoms with Gasteiger partial charge in [-0.3, -0.25) is 0 Å². The summed E-state index contributed by atoms with van der Waals surface area (Å²) in [4.78, 5) is 0. The molecule has 14 heavy (non-hydrogen) atoms. The molecule has 0 aliphatic heterocycles. The summed E-state index contributed by atoms with van der Waals surface area (Å²) in [5.74, 6) is 1.76. The van der Waals surface area contributed by atoms with Crippen LogP contribution in [0.2, 0.25) is 0 Å². The van der Waals surface area contributed by atoms with Gasteiger partial charge in [-0.05, 0) is 31.6 Å². The van der Waals surface area contributed by atoms with E-state index in [4.69, 9.17) is 0 Å². The number of hydrogen-bond acceptors (Lipinski definition) is 4. The zero-order valence-electron chi connectivity index (χ0n) is 8.79. The second-order valence-corrected chi connectivity index (χ2v) is 5.47. The fraction of sp³-hybridized carbons (Fsp3) is 0.800.